The molecule has 2 fully saturated rings. The van der Waals surface area contributed by atoms with E-state index in [0.29, 0.717) is 11.5 Å². The molecule has 2 aliphatic rings. The van der Waals surface area contributed by atoms with Gasteiger partial charge in [0.15, 0.2) is 9.84 Å². The third-order valence-corrected chi connectivity index (χ3v) is 7.51. The van der Waals surface area contributed by atoms with Gasteiger partial charge in [-0.3, -0.25) is 0 Å². The highest BCUT2D eigenvalue weighted by molar-refractivity contribution is 8.00. The molecule has 0 aromatic rings. The monoisotopic (exact) mass is 254 g/mol. The van der Waals surface area contributed by atoms with E-state index in [2.05, 4.69) is 6.26 Å². The lowest BCUT2D eigenvalue weighted by atomic mass is 10.0. The highest BCUT2D eigenvalue weighted by Gasteiger charge is 2.52. The fourth-order valence-electron chi connectivity index (χ4n) is 2.20. The summed E-state index contributed by atoms with van der Waals surface area (Å²) in [6.07, 6.45) is 5.14. The zero-order valence-corrected chi connectivity index (χ0v) is 10.6. The lowest BCUT2D eigenvalue weighted by molar-refractivity contribution is 0.533. The Kier molecular flexibility index (Phi) is 2.82. The van der Waals surface area contributed by atoms with Crippen LogP contribution in [0.15, 0.2) is 0 Å². The summed E-state index contributed by atoms with van der Waals surface area (Å²) < 4.78 is 22.8. The van der Waals surface area contributed by atoms with Crippen molar-refractivity contribution >= 4 is 33.2 Å². The number of halogens is 1. The van der Waals surface area contributed by atoms with E-state index >= 15 is 0 Å². The maximum Gasteiger partial charge on any atom is 0.150 e. The molecule has 2 rings (SSSR count). The molecule has 5 heteroatoms. The zero-order chi connectivity index (χ0) is 10.4. The van der Waals surface area contributed by atoms with E-state index in [1.807, 2.05) is 0 Å². The van der Waals surface area contributed by atoms with Crippen molar-refractivity contribution in [3.05, 3.63) is 0 Å². The lowest BCUT2D eigenvalue weighted by Crippen LogP contribution is -2.28. The minimum atomic E-state index is -2.77. The Hall–Kier alpha value is 0.590. The summed E-state index contributed by atoms with van der Waals surface area (Å²) in [5.41, 5.74) is 0. The van der Waals surface area contributed by atoms with Gasteiger partial charge in [-0.2, -0.15) is 11.8 Å². The number of rotatable bonds is 3. The van der Waals surface area contributed by atoms with Crippen LogP contribution in [0.5, 0.6) is 0 Å². The number of alkyl halides is 1. The molecular weight excluding hydrogens is 240 g/mol. The van der Waals surface area contributed by atoms with Gasteiger partial charge >= 0.3 is 0 Å². The fourth-order valence-corrected chi connectivity index (χ4v) is 5.77. The van der Waals surface area contributed by atoms with E-state index in [0.717, 1.165) is 19.3 Å². The van der Waals surface area contributed by atoms with Gasteiger partial charge in [-0.1, -0.05) is 0 Å². The van der Waals surface area contributed by atoms with E-state index in [9.17, 15) is 8.42 Å². The second kappa shape index (κ2) is 3.56. The smallest absolute Gasteiger partial charge is 0.150 e. The first-order chi connectivity index (χ1) is 6.49. The number of hydrogen-bond donors (Lipinski definition) is 0. The molecule has 2 unspecified atom stereocenters. The molecule has 1 saturated carbocycles. The van der Waals surface area contributed by atoms with Gasteiger partial charge in [-0.05, 0) is 31.4 Å². The second-order valence-electron chi connectivity index (χ2n) is 4.33. The summed E-state index contributed by atoms with van der Waals surface area (Å²) >= 11 is 8.19. The predicted molar refractivity (Wildman–Crippen MR) is 61.9 cm³/mol. The largest absolute Gasteiger partial charge is 0.229 e. The van der Waals surface area contributed by atoms with E-state index < -0.39 is 9.84 Å². The van der Waals surface area contributed by atoms with Crippen LogP contribution >= 0.6 is 23.4 Å². The molecule has 82 valence electrons. The number of thioether (sulfide) groups is 1. The fraction of sp³-hybridized carbons (Fsp3) is 1.00. The second-order valence-corrected chi connectivity index (χ2v) is 8.25. The average Bonchev–Trinajstić information content (AvgIpc) is 2.85. The molecule has 14 heavy (non-hydrogen) atoms. The molecule has 0 N–H and O–H groups in total. The average molecular weight is 255 g/mol. The molecule has 0 bridgehead atoms. The van der Waals surface area contributed by atoms with Gasteiger partial charge in [0.05, 0.1) is 16.9 Å². The van der Waals surface area contributed by atoms with Gasteiger partial charge in [-0.25, -0.2) is 8.42 Å². The summed E-state index contributed by atoms with van der Waals surface area (Å²) in [6.45, 7) is 0. The first-order valence-corrected chi connectivity index (χ1v) is 8.37. The maximum atomic E-state index is 11.3. The van der Waals surface area contributed by atoms with Crippen molar-refractivity contribution in [2.45, 2.75) is 29.4 Å². The molecule has 2 nitrogen and oxygen atoms in total. The Morgan fingerprint density at radius 2 is 2.14 bits per heavy atom. The topological polar surface area (TPSA) is 34.1 Å². The Bertz CT molecular complexity index is 322. The van der Waals surface area contributed by atoms with Crippen LogP contribution in [0.25, 0.3) is 0 Å². The van der Waals surface area contributed by atoms with E-state index in [1.165, 1.54) is 0 Å². The summed E-state index contributed by atoms with van der Waals surface area (Å²) in [5.74, 6) is 0.839. The van der Waals surface area contributed by atoms with E-state index in [-0.39, 0.29) is 16.0 Å². The third kappa shape index (κ3) is 1.93. The quantitative estimate of drug-likeness (QED) is 0.722. The Morgan fingerprint density at radius 1 is 1.50 bits per heavy atom. The lowest BCUT2D eigenvalue weighted by Gasteiger charge is -2.23. The van der Waals surface area contributed by atoms with Crippen molar-refractivity contribution in [1.29, 1.82) is 0 Å². The first kappa shape index (κ1) is 11.1. The zero-order valence-electron chi connectivity index (χ0n) is 8.20. The van der Waals surface area contributed by atoms with Crippen molar-refractivity contribution in [1.82, 2.24) is 0 Å². The third-order valence-electron chi connectivity index (χ3n) is 3.33. The van der Waals surface area contributed by atoms with Crippen LogP contribution < -0.4 is 0 Å². The number of sulfone groups is 1. The maximum absolute atomic E-state index is 11.3. The van der Waals surface area contributed by atoms with E-state index in [1.54, 1.807) is 11.8 Å². The van der Waals surface area contributed by atoms with Crippen LogP contribution in [0.2, 0.25) is 0 Å². The SMILES string of the molecule is CSC1(C(Cl)C2CCS(=O)(=O)C2)CC1. The summed E-state index contributed by atoms with van der Waals surface area (Å²) in [7, 11) is -2.77. The van der Waals surface area contributed by atoms with Crippen molar-refractivity contribution in [2.24, 2.45) is 5.92 Å². The minimum Gasteiger partial charge on any atom is -0.229 e. The van der Waals surface area contributed by atoms with Gasteiger partial charge in [0.2, 0.25) is 0 Å². The van der Waals surface area contributed by atoms with Gasteiger partial charge in [0.25, 0.3) is 0 Å². The van der Waals surface area contributed by atoms with Gasteiger partial charge in [0, 0.05) is 4.75 Å². The first-order valence-electron chi connectivity index (χ1n) is 4.89. The normalized spacial score (nSPS) is 35.4. The van der Waals surface area contributed by atoms with E-state index in [4.69, 9.17) is 11.6 Å². The van der Waals surface area contributed by atoms with Gasteiger partial charge in [0.1, 0.15) is 0 Å². The summed E-state index contributed by atoms with van der Waals surface area (Å²) in [6, 6.07) is 0. The molecule has 0 radical (unpaired) electrons. The molecule has 0 aromatic carbocycles. The molecule has 1 heterocycles. The highest BCUT2D eigenvalue weighted by atomic mass is 35.5. The Balaban J connectivity index is 2.04. The van der Waals surface area contributed by atoms with Crippen LogP contribution in [-0.4, -0.2) is 36.3 Å². The number of hydrogen-bond acceptors (Lipinski definition) is 3. The Labute approximate surface area is 94.7 Å². The van der Waals surface area contributed by atoms with Crippen LogP contribution in [0, 0.1) is 5.92 Å². The van der Waals surface area contributed by atoms with Gasteiger partial charge in [-0.15, -0.1) is 11.6 Å². The van der Waals surface area contributed by atoms with Crippen molar-refractivity contribution in [3.63, 3.8) is 0 Å². The summed E-state index contributed by atoms with van der Waals surface area (Å²) in [5, 5.41) is 0.0507. The molecule has 1 saturated heterocycles. The van der Waals surface area contributed by atoms with Crippen LogP contribution in [0.4, 0.5) is 0 Å². The highest BCUT2D eigenvalue weighted by Crippen LogP contribution is 2.55. The standard InChI is InChI=1S/C9H15ClO2S2/c1-13-9(3-4-9)8(10)7-2-5-14(11,12)6-7/h7-8H,2-6H2,1H3. The van der Waals surface area contributed by atoms with Crippen molar-refractivity contribution in [2.75, 3.05) is 17.8 Å². The molecule has 1 aliphatic heterocycles. The van der Waals surface area contributed by atoms with Crippen LogP contribution in [0.1, 0.15) is 19.3 Å². The minimum absolute atomic E-state index is 0.0507. The Morgan fingerprint density at radius 3 is 2.50 bits per heavy atom. The molecular formula is C9H15ClO2S2. The molecule has 0 aromatic heterocycles. The molecule has 0 spiro atoms. The van der Waals surface area contributed by atoms with Crippen molar-refractivity contribution < 1.29 is 8.42 Å². The molecule has 2 atom stereocenters. The van der Waals surface area contributed by atoms with Crippen LogP contribution in [-0.2, 0) is 9.84 Å². The predicted octanol–water partition coefficient (Wildman–Crippen LogP) is 1.92. The van der Waals surface area contributed by atoms with Crippen LogP contribution in [0.3, 0.4) is 0 Å². The van der Waals surface area contributed by atoms with Gasteiger partial charge < -0.3 is 0 Å². The van der Waals surface area contributed by atoms with Crippen molar-refractivity contribution in [3.8, 4) is 0 Å². The summed E-state index contributed by atoms with van der Waals surface area (Å²) in [4.78, 5) is 0. The molecule has 0 amide bonds. The molecule has 1 aliphatic carbocycles.